The third-order valence-corrected chi connectivity index (χ3v) is 2.10. The van der Waals surface area contributed by atoms with E-state index in [9.17, 15) is 18.4 Å². The van der Waals surface area contributed by atoms with Crippen LogP contribution < -0.4 is 0 Å². The van der Waals surface area contributed by atoms with Gasteiger partial charge in [0.25, 0.3) is 0 Å². The number of aromatic amines is 1. The van der Waals surface area contributed by atoms with E-state index in [1.807, 2.05) is 0 Å². The van der Waals surface area contributed by atoms with Crippen LogP contribution in [0.1, 0.15) is 10.4 Å². The molecule has 0 bridgehead atoms. The number of H-pyrrole nitrogens is 1. The van der Waals surface area contributed by atoms with Gasteiger partial charge in [-0.2, -0.15) is 0 Å². The van der Waals surface area contributed by atoms with Gasteiger partial charge in [-0.1, -0.05) is 0 Å². The van der Waals surface area contributed by atoms with Crippen LogP contribution in [-0.2, 0) is 4.79 Å². The molecule has 1 aromatic heterocycles. The highest BCUT2D eigenvalue weighted by Crippen LogP contribution is 2.21. The zero-order valence-electron chi connectivity index (χ0n) is 7.38. The van der Waals surface area contributed by atoms with Crippen molar-refractivity contribution in [3.8, 4) is 0 Å². The molecule has 76 valence electrons. The van der Waals surface area contributed by atoms with E-state index in [0.717, 1.165) is 12.1 Å². The van der Waals surface area contributed by atoms with Crippen LogP contribution in [0.25, 0.3) is 10.9 Å². The highest BCUT2D eigenvalue weighted by molar-refractivity contribution is 6.36. The van der Waals surface area contributed by atoms with Gasteiger partial charge >= 0.3 is 0 Å². The molecule has 3 nitrogen and oxygen atoms in total. The van der Waals surface area contributed by atoms with Gasteiger partial charge in [0.2, 0.25) is 5.78 Å². The Morgan fingerprint density at radius 2 is 1.93 bits per heavy atom. The Hall–Kier alpha value is -2.04. The normalized spacial score (nSPS) is 10.5. The monoisotopic (exact) mass is 209 g/mol. The minimum Gasteiger partial charge on any atom is -0.360 e. The van der Waals surface area contributed by atoms with Crippen molar-refractivity contribution in [1.29, 1.82) is 0 Å². The van der Waals surface area contributed by atoms with Gasteiger partial charge in [-0.25, -0.2) is 8.78 Å². The van der Waals surface area contributed by atoms with Crippen molar-refractivity contribution in [3.63, 3.8) is 0 Å². The quantitative estimate of drug-likeness (QED) is 0.466. The molecule has 0 aliphatic rings. The molecule has 1 N–H and O–H groups in total. The van der Waals surface area contributed by atoms with Gasteiger partial charge in [-0.05, 0) is 6.07 Å². The summed E-state index contributed by atoms with van der Waals surface area (Å²) in [5.41, 5.74) is 0.318. The lowest BCUT2D eigenvalue weighted by Gasteiger charge is -1.94. The Labute approximate surface area is 82.7 Å². The van der Waals surface area contributed by atoms with E-state index >= 15 is 0 Å². The van der Waals surface area contributed by atoms with Gasteiger partial charge in [0.1, 0.15) is 0 Å². The number of fused-ring (bicyclic) bond motifs is 1. The first-order chi connectivity index (χ1) is 7.13. The largest absolute Gasteiger partial charge is 0.360 e. The number of carbonyl (C=O) groups is 2. The van der Waals surface area contributed by atoms with Gasteiger partial charge in [0.15, 0.2) is 17.9 Å². The number of Topliss-reactive ketones (excluding diaryl/α,β-unsaturated/α-hetero) is 1. The van der Waals surface area contributed by atoms with Crippen LogP contribution >= 0.6 is 0 Å². The molecule has 15 heavy (non-hydrogen) atoms. The molecular weight excluding hydrogens is 204 g/mol. The number of carbonyl (C=O) groups excluding carboxylic acids is 2. The van der Waals surface area contributed by atoms with Crippen LogP contribution in [0.15, 0.2) is 18.3 Å². The smallest absolute Gasteiger partial charge is 0.227 e. The van der Waals surface area contributed by atoms with Gasteiger partial charge < -0.3 is 4.98 Å². The summed E-state index contributed by atoms with van der Waals surface area (Å²) in [4.78, 5) is 23.9. The Morgan fingerprint density at radius 3 is 2.60 bits per heavy atom. The number of hydrogen-bond donors (Lipinski definition) is 1. The average molecular weight is 209 g/mol. The number of hydrogen-bond acceptors (Lipinski definition) is 2. The minimum atomic E-state index is -1.05. The summed E-state index contributed by atoms with van der Waals surface area (Å²) in [6, 6.07) is 1.82. The maximum Gasteiger partial charge on any atom is 0.227 e. The second-order valence-electron chi connectivity index (χ2n) is 3.00. The number of rotatable bonds is 2. The van der Waals surface area contributed by atoms with Gasteiger partial charge in [-0.15, -0.1) is 0 Å². The SMILES string of the molecule is O=CC(=O)c1c[nH]c2cc(F)c(F)cc12. The van der Waals surface area contributed by atoms with E-state index < -0.39 is 17.4 Å². The summed E-state index contributed by atoms with van der Waals surface area (Å²) in [7, 11) is 0. The van der Waals surface area contributed by atoms with Crippen LogP contribution in [0.5, 0.6) is 0 Å². The Balaban J connectivity index is 2.74. The van der Waals surface area contributed by atoms with Crippen molar-refractivity contribution in [3.05, 3.63) is 35.5 Å². The molecule has 0 radical (unpaired) electrons. The van der Waals surface area contributed by atoms with Crippen LogP contribution in [0.3, 0.4) is 0 Å². The molecule has 0 amide bonds. The maximum atomic E-state index is 12.9. The second-order valence-corrected chi connectivity index (χ2v) is 3.00. The number of nitrogens with one attached hydrogen (secondary N) is 1. The fourth-order valence-electron chi connectivity index (χ4n) is 1.38. The van der Waals surface area contributed by atoms with Crippen molar-refractivity contribution in [2.75, 3.05) is 0 Å². The number of aromatic nitrogens is 1. The van der Waals surface area contributed by atoms with Gasteiger partial charge in [0.05, 0.1) is 5.56 Å². The molecule has 1 aromatic carbocycles. The first kappa shape index (κ1) is 9.51. The molecule has 0 aliphatic heterocycles. The first-order valence-corrected chi connectivity index (χ1v) is 4.09. The molecule has 0 unspecified atom stereocenters. The average Bonchev–Trinajstić information content (AvgIpc) is 2.61. The Bertz CT molecular complexity index is 560. The number of ketones is 1. The molecule has 0 fully saturated rings. The molecular formula is C10H5F2NO2. The third kappa shape index (κ3) is 1.41. The van der Waals surface area contributed by atoms with Crippen molar-refractivity contribution in [2.45, 2.75) is 0 Å². The molecule has 0 saturated carbocycles. The van der Waals surface area contributed by atoms with E-state index in [1.54, 1.807) is 0 Å². The fraction of sp³-hybridized carbons (Fsp3) is 0. The van der Waals surface area contributed by atoms with Crippen molar-refractivity contribution < 1.29 is 18.4 Å². The Kier molecular flexibility index (Phi) is 2.07. The van der Waals surface area contributed by atoms with E-state index in [0.29, 0.717) is 0 Å². The van der Waals surface area contributed by atoms with Crippen molar-refractivity contribution in [2.24, 2.45) is 0 Å². The second kappa shape index (κ2) is 3.27. The highest BCUT2D eigenvalue weighted by atomic mass is 19.2. The van der Waals surface area contributed by atoms with Crippen LogP contribution in [0, 0.1) is 11.6 Å². The molecule has 2 rings (SSSR count). The minimum absolute atomic E-state index is 0.0406. The zero-order chi connectivity index (χ0) is 11.0. The molecule has 5 heteroatoms. The molecule has 0 saturated heterocycles. The lowest BCUT2D eigenvalue weighted by atomic mass is 10.1. The summed E-state index contributed by atoms with van der Waals surface area (Å²) in [5.74, 6) is -2.83. The predicted molar refractivity (Wildman–Crippen MR) is 48.6 cm³/mol. The lowest BCUT2D eigenvalue weighted by Crippen LogP contribution is -1.98. The van der Waals surface area contributed by atoms with E-state index in [4.69, 9.17) is 0 Å². The van der Waals surface area contributed by atoms with Crippen LogP contribution in [-0.4, -0.2) is 17.1 Å². The highest BCUT2D eigenvalue weighted by Gasteiger charge is 2.13. The summed E-state index contributed by atoms with van der Waals surface area (Å²) in [5, 5.41) is 0.200. The zero-order valence-corrected chi connectivity index (χ0v) is 7.38. The first-order valence-electron chi connectivity index (χ1n) is 4.09. The lowest BCUT2D eigenvalue weighted by molar-refractivity contribution is -0.104. The molecule has 0 atom stereocenters. The molecule has 1 heterocycles. The topological polar surface area (TPSA) is 49.9 Å². The molecule has 2 aromatic rings. The third-order valence-electron chi connectivity index (χ3n) is 2.10. The summed E-state index contributed by atoms with van der Waals surface area (Å²) in [6.07, 6.45) is 1.38. The van der Waals surface area contributed by atoms with E-state index in [1.165, 1.54) is 6.20 Å². The van der Waals surface area contributed by atoms with Crippen LogP contribution in [0.4, 0.5) is 8.78 Å². The standard InChI is InChI=1S/C10H5F2NO2/c11-7-1-5-6(10(15)4-14)3-13-9(5)2-8(7)12/h1-4,13H. The van der Waals surface area contributed by atoms with Gasteiger partial charge in [0, 0.05) is 23.2 Å². The number of aldehydes is 1. The van der Waals surface area contributed by atoms with Crippen molar-refractivity contribution in [1.82, 2.24) is 4.98 Å². The predicted octanol–water partition coefficient (Wildman–Crippen LogP) is 1.83. The fourth-order valence-corrected chi connectivity index (χ4v) is 1.38. The summed E-state index contributed by atoms with van der Waals surface area (Å²) in [6.45, 7) is 0. The van der Waals surface area contributed by atoms with Gasteiger partial charge in [-0.3, -0.25) is 9.59 Å². The summed E-state index contributed by atoms with van der Waals surface area (Å²) >= 11 is 0. The summed E-state index contributed by atoms with van der Waals surface area (Å²) < 4.78 is 25.7. The number of halogens is 2. The van der Waals surface area contributed by atoms with Crippen molar-refractivity contribution >= 4 is 23.0 Å². The number of benzene rings is 1. The molecule has 0 spiro atoms. The molecule has 0 aliphatic carbocycles. The Morgan fingerprint density at radius 1 is 1.27 bits per heavy atom. The van der Waals surface area contributed by atoms with E-state index in [-0.39, 0.29) is 22.8 Å². The van der Waals surface area contributed by atoms with E-state index in [2.05, 4.69) is 4.98 Å². The maximum absolute atomic E-state index is 12.9. The van der Waals surface area contributed by atoms with Crippen LogP contribution in [0.2, 0.25) is 0 Å².